The van der Waals surface area contributed by atoms with Gasteiger partial charge in [0.15, 0.2) is 5.11 Å². The van der Waals surface area contributed by atoms with Gasteiger partial charge >= 0.3 is 0 Å². The maximum Gasteiger partial charge on any atom is 0.171 e. The molecule has 2 nitrogen and oxygen atoms in total. The van der Waals surface area contributed by atoms with E-state index in [1.54, 1.807) is 12.1 Å². The molecule has 2 aromatic carbocycles. The zero-order valence-electron chi connectivity index (χ0n) is 12.8. The smallest absolute Gasteiger partial charge is 0.171 e. The number of benzene rings is 2. The molecule has 0 aliphatic rings. The lowest BCUT2D eigenvalue weighted by Gasteiger charge is -2.14. The Labute approximate surface area is 140 Å². The maximum absolute atomic E-state index is 13.7. The summed E-state index contributed by atoms with van der Waals surface area (Å²) >= 11 is 11.0. The Morgan fingerprint density at radius 1 is 1.09 bits per heavy atom. The van der Waals surface area contributed by atoms with Crippen LogP contribution in [0.15, 0.2) is 30.3 Å². The van der Waals surface area contributed by atoms with Crippen molar-refractivity contribution in [3.63, 3.8) is 0 Å². The normalized spacial score (nSPS) is 10.4. The number of hydrogen-bond acceptors (Lipinski definition) is 1. The van der Waals surface area contributed by atoms with Crippen LogP contribution in [-0.4, -0.2) is 5.11 Å². The van der Waals surface area contributed by atoms with Gasteiger partial charge in [-0.25, -0.2) is 4.39 Å². The van der Waals surface area contributed by atoms with Crippen molar-refractivity contribution in [3.05, 3.63) is 63.4 Å². The molecule has 0 aliphatic carbocycles. The standard InChI is InChI=1S/C17H18ClFN2S/c1-10-6-12(3)16(7-11(10)2)21-17(22)20-9-13-4-5-14(18)8-15(13)19/h4-8H,9H2,1-3H3,(H2,20,21,22). The highest BCUT2D eigenvalue weighted by Gasteiger charge is 2.06. The summed E-state index contributed by atoms with van der Waals surface area (Å²) in [4.78, 5) is 0. The summed E-state index contributed by atoms with van der Waals surface area (Å²) in [5, 5.41) is 7.00. The minimum absolute atomic E-state index is 0.304. The van der Waals surface area contributed by atoms with E-state index in [2.05, 4.69) is 36.6 Å². The van der Waals surface area contributed by atoms with E-state index >= 15 is 0 Å². The van der Waals surface area contributed by atoms with E-state index in [1.807, 2.05) is 6.92 Å². The molecule has 5 heteroatoms. The molecule has 0 fully saturated rings. The minimum atomic E-state index is -0.342. The van der Waals surface area contributed by atoms with Gasteiger partial charge in [0.2, 0.25) is 0 Å². The predicted molar refractivity (Wildman–Crippen MR) is 95.1 cm³/mol. The second-order valence-electron chi connectivity index (χ2n) is 5.29. The Balaban J connectivity index is 2.00. The van der Waals surface area contributed by atoms with Crippen LogP contribution in [0.3, 0.4) is 0 Å². The Hall–Kier alpha value is -1.65. The Kier molecular flexibility index (Phi) is 5.37. The number of aryl methyl sites for hydroxylation is 3. The molecule has 0 radical (unpaired) electrons. The van der Waals surface area contributed by atoms with Crippen LogP contribution in [0, 0.1) is 26.6 Å². The molecule has 2 N–H and O–H groups in total. The first kappa shape index (κ1) is 16.7. The molecule has 0 amide bonds. The quantitative estimate of drug-likeness (QED) is 0.780. The molecule has 0 aliphatic heterocycles. The highest BCUT2D eigenvalue weighted by atomic mass is 35.5. The zero-order chi connectivity index (χ0) is 16.3. The molecule has 0 heterocycles. The fraction of sp³-hybridized carbons (Fsp3) is 0.235. The molecule has 0 atom stereocenters. The largest absolute Gasteiger partial charge is 0.358 e. The van der Waals surface area contributed by atoms with E-state index in [-0.39, 0.29) is 5.82 Å². The van der Waals surface area contributed by atoms with E-state index in [4.69, 9.17) is 23.8 Å². The summed E-state index contributed by atoms with van der Waals surface area (Å²) in [7, 11) is 0. The molecule has 0 saturated heterocycles. The van der Waals surface area contributed by atoms with E-state index in [0.29, 0.717) is 22.2 Å². The van der Waals surface area contributed by atoms with Gasteiger partial charge in [0.05, 0.1) is 0 Å². The van der Waals surface area contributed by atoms with Crippen LogP contribution in [-0.2, 0) is 6.54 Å². The minimum Gasteiger partial charge on any atom is -0.358 e. The van der Waals surface area contributed by atoms with Gasteiger partial charge in [0, 0.05) is 22.8 Å². The highest BCUT2D eigenvalue weighted by Crippen LogP contribution is 2.20. The Morgan fingerprint density at radius 3 is 2.45 bits per heavy atom. The number of halogens is 2. The maximum atomic E-state index is 13.7. The van der Waals surface area contributed by atoms with Crippen LogP contribution in [0.5, 0.6) is 0 Å². The molecule has 116 valence electrons. The molecule has 0 spiro atoms. The van der Waals surface area contributed by atoms with Gasteiger partial charge in [-0.15, -0.1) is 0 Å². The van der Waals surface area contributed by atoms with Gasteiger partial charge in [-0.1, -0.05) is 23.7 Å². The second kappa shape index (κ2) is 7.07. The van der Waals surface area contributed by atoms with Gasteiger partial charge in [0.1, 0.15) is 5.82 Å². The van der Waals surface area contributed by atoms with Crippen molar-refractivity contribution in [3.8, 4) is 0 Å². The van der Waals surface area contributed by atoms with Crippen molar-refractivity contribution in [1.82, 2.24) is 5.32 Å². The number of nitrogens with one attached hydrogen (secondary N) is 2. The van der Waals surface area contributed by atoms with Crippen LogP contribution in [0.25, 0.3) is 0 Å². The van der Waals surface area contributed by atoms with Gasteiger partial charge in [-0.3, -0.25) is 0 Å². The van der Waals surface area contributed by atoms with Crippen molar-refractivity contribution in [1.29, 1.82) is 0 Å². The summed E-state index contributed by atoms with van der Waals surface area (Å²) in [6.45, 7) is 6.46. The zero-order valence-corrected chi connectivity index (χ0v) is 14.3. The topological polar surface area (TPSA) is 24.1 Å². The van der Waals surface area contributed by atoms with Gasteiger partial charge < -0.3 is 10.6 Å². The highest BCUT2D eigenvalue weighted by molar-refractivity contribution is 7.80. The first-order valence-corrected chi connectivity index (χ1v) is 7.72. The first-order chi connectivity index (χ1) is 10.4. The average Bonchev–Trinajstić information content (AvgIpc) is 2.44. The molecule has 0 bridgehead atoms. The summed E-state index contributed by atoms with van der Waals surface area (Å²) in [5.41, 5.74) is 5.03. The molecule has 0 saturated carbocycles. The van der Waals surface area contributed by atoms with Crippen LogP contribution in [0.1, 0.15) is 22.3 Å². The molecule has 2 aromatic rings. The van der Waals surface area contributed by atoms with E-state index < -0.39 is 0 Å². The van der Waals surface area contributed by atoms with Crippen LogP contribution in [0.2, 0.25) is 5.02 Å². The van der Waals surface area contributed by atoms with Gasteiger partial charge in [-0.2, -0.15) is 0 Å². The molecule has 22 heavy (non-hydrogen) atoms. The third kappa shape index (κ3) is 4.18. The summed E-state index contributed by atoms with van der Waals surface area (Å²) < 4.78 is 13.7. The van der Waals surface area contributed by atoms with E-state index in [1.165, 1.54) is 17.2 Å². The number of anilines is 1. The Bertz CT molecular complexity index is 716. The van der Waals surface area contributed by atoms with E-state index in [9.17, 15) is 4.39 Å². The van der Waals surface area contributed by atoms with Gasteiger partial charge in [0.25, 0.3) is 0 Å². The fourth-order valence-electron chi connectivity index (χ4n) is 2.10. The van der Waals surface area contributed by atoms with Crippen molar-refractivity contribution in [2.45, 2.75) is 27.3 Å². The average molecular weight is 337 g/mol. The lowest BCUT2D eigenvalue weighted by molar-refractivity contribution is 0.606. The molecule has 2 rings (SSSR count). The first-order valence-electron chi connectivity index (χ1n) is 6.93. The third-order valence-electron chi connectivity index (χ3n) is 3.54. The predicted octanol–water partition coefficient (Wildman–Crippen LogP) is 4.89. The van der Waals surface area contributed by atoms with Crippen LogP contribution < -0.4 is 10.6 Å². The van der Waals surface area contributed by atoms with Crippen molar-refractivity contribution >= 4 is 34.6 Å². The molecular weight excluding hydrogens is 319 g/mol. The third-order valence-corrected chi connectivity index (χ3v) is 4.02. The summed E-state index contributed by atoms with van der Waals surface area (Å²) in [6.07, 6.45) is 0. The molecular formula is C17H18ClFN2S. The second-order valence-corrected chi connectivity index (χ2v) is 6.14. The molecule has 0 aromatic heterocycles. The lowest BCUT2D eigenvalue weighted by atomic mass is 10.1. The fourth-order valence-corrected chi connectivity index (χ4v) is 2.44. The van der Waals surface area contributed by atoms with Crippen molar-refractivity contribution < 1.29 is 4.39 Å². The monoisotopic (exact) mass is 336 g/mol. The number of hydrogen-bond donors (Lipinski definition) is 2. The molecule has 0 unspecified atom stereocenters. The van der Waals surface area contributed by atoms with E-state index in [0.717, 1.165) is 11.3 Å². The summed E-state index contributed by atoms with van der Waals surface area (Å²) in [5.74, 6) is -0.342. The van der Waals surface area contributed by atoms with Crippen LogP contribution >= 0.6 is 23.8 Å². The van der Waals surface area contributed by atoms with Crippen molar-refractivity contribution in [2.24, 2.45) is 0 Å². The van der Waals surface area contributed by atoms with Crippen LogP contribution in [0.4, 0.5) is 10.1 Å². The number of rotatable bonds is 3. The lowest BCUT2D eigenvalue weighted by Crippen LogP contribution is -2.28. The van der Waals surface area contributed by atoms with Gasteiger partial charge in [-0.05, 0) is 67.9 Å². The Morgan fingerprint density at radius 2 is 1.77 bits per heavy atom. The summed E-state index contributed by atoms with van der Waals surface area (Å²) in [6, 6.07) is 8.77. The SMILES string of the molecule is Cc1cc(C)c(NC(=S)NCc2ccc(Cl)cc2F)cc1C. The van der Waals surface area contributed by atoms with Crippen molar-refractivity contribution in [2.75, 3.05) is 5.32 Å². The number of thiocarbonyl (C=S) groups is 1.